The zero-order chi connectivity index (χ0) is 34.7. The molecule has 2 fully saturated rings. The molecule has 0 unspecified atom stereocenters. The van der Waals surface area contributed by atoms with Crippen molar-refractivity contribution in [2.45, 2.75) is 110 Å². The fraction of sp³-hybridized carbons (Fsp3) is 0.731. The quantitative estimate of drug-likeness (QED) is 0.0870. The number of hydrogen-bond acceptors (Lipinski definition) is 18. The average Bonchev–Trinajstić information content (AvgIpc) is 2.91. The van der Waals surface area contributed by atoms with Gasteiger partial charge in [-0.1, -0.05) is 5.11 Å². The Bertz CT molecular complexity index is 1220. The molecule has 0 aromatic rings. The lowest BCUT2D eigenvalue weighted by Gasteiger charge is -2.48. The maximum absolute atomic E-state index is 12.2. The molecule has 256 valence electrons. The predicted octanol–water partition coefficient (Wildman–Crippen LogP) is -0.0836. The number of esters is 7. The van der Waals surface area contributed by atoms with Gasteiger partial charge in [-0.05, 0) is 5.53 Å². The maximum Gasteiger partial charge on any atom is 0.303 e. The fourth-order valence-electron chi connectivity index (χ4n) is 4.63. The van der Waals surface area contributed by atoms with Gasteiger partial charge in [-0.15, -0.1) is 0 Å². The average molecular weight is 662 g/mol. The molecule has 2 aliphatic heterocycles. The molecule has 0 bridgehead atoms. The van der Waals surface area contributed by atoms with Crippen LogP contribution in [-0.4, -0.2) is 116 Å². The first kappa shape index (κ1) is 37.7. The van der Waals surface area contributed by atoms with Crippen molar-refractivity contribution < 1.29 is 80.9 Å². The van der Waals surface area contributed by atoms with Gasteiger partial charge in [-0.3, -0.25) is 33.6 Å². The van der Waals surface area contributed by atoms with E-state index in [0.717, 1.165) is 48.5 Å². The molecule has 0 aromatic heterocycles. The van der Waals surface area contributed by atoms with Crippen molar-refractivity contribution in [3.8, 4) is 0 Å². The third-order valence-corrected chi connectivity index (χ3v) is 6.07. The van der Waals surface area contributed by atoms with Gasteiger partial charge in [0.15, 0.2) is 43.0 Å². The molecule has 10 atom stereocenters. The SMILES string of the molecule is CC(=O)OC[C@@H]1O[C@@H](N=[N+]=[N-])[C@@H](OC(C)=O)[C@@H](OC(C)=O)[C@H]1O[C@H]1O[C@@H](COC(C)=O)[C@@H](OC(C)=O)[C@@H](OC(C)=O)[C@H]1OC(C)=O. The normalized spacial score (nSPS) is 30.3. The molecular weight excluding hydrogens is 626 g/mol. The number of carbonyl (C=O) groups is 7. The van der Waals surface area contributed by atoms with Crippen LogP contribution in [0.2, 0.25) is 0 Å². The van der Waals surface area contributed by atoms with E-state index in [1.54, 1.807) is 0 Å². The van der Waals surface area contributed by atoms with Gasteiger partial charge < -0.3 is 47.4 Å². The van der Waals surface area contributed by atoms with Crippen molar-refractivity contribution in [3.05, 3.63) is 10.4 Å². The molecule has 0 radical (unpaired) electrons. The molecule has 0 aromatic carbocycles. The van der Waals surface area contributed by atoms with Gasteiger partial charge in [-0.25, -0.2) is 0 Å². The van der Waals surface area contributed by atoms with Gasteiger partial charge in [-0.2, -0.15) is 0 Å². The van der Waals surface area contributed by atoms with E-state index in [2.05, 4.69) is 10.0 Å². The van der Waals surface area contributed by atoms with Crippen molar-refractivity contribution >= 4 is 41.8 Å². The summed E-state index contributed by atoms with van der Waals surface area (Å²) in [7, 11) is 0. The van der Waals surface area contributed by atoms with E-state index in [1.807, 2.05) is 0 Å². The van der Waals surface area contributed by atoms with Crippen molar-refractivity contribution in [2.24, 2.45) is 5.11 Å². The molecule has 20 heteroatoms. The predicted molar refractivity (Wildman–Crippen MR) is 142 cm³/mol. The van der Waals surface area contributed by atoms with Crippen molar-refractivity contribution in [2.75, 3.05) is 13.2 Å². The van der Waals surface area contributed by atoms with Crippen molar-refractivity contribution in [3.63, 3.8) is 0 Å². The Balaban J connectivity index is 2.73. The third kappa shape index (κ3) is 11.1. The second-order valence-electron chi connectivity index (χ2n) is 9.89. The van der Waals surface area contributed by atoms with Gasteiger partial charge in [0, 0.05) is 53.4 Å². The van der Waals surface area contributed by atoms with E-state index >= 15 is 0 Å². The van der Waals surface area contributed by atoms with Crippen LogP contribution in [0, 0.1) is 0 Å². The molecule has 2 rings (SSSR count). The van der Waals surface area contributed by atoms with Crippen LogP contribution in [0.1, 0.15) is 48.5 Å². The first-order chi connectivity index (χ1) is 21.5. The minimum atomic E-state index is -1.82. The molecule has 0 saturated carbocycles. The second-order valence-corrected chi connectivity index (χ2v) is 9.89. The van der Waals surface area contributed by atoms with Gasteiger partial charge in [0.2, 0.25) is 0 Å². The number of carbonyl (C=O) groups excluding carboxylic acids is 7. The van der Waals surface area contributed by atoms with Crippen LogP contribution in [0.3, 0.4) is 0 Å². The zero-order valence-corrected chi connectivity index (χ0v) is 26.0. The standard InChI is InChI=1S/C26H35N3O17/c1-10(30)37-8-17-20(21(40-13(4)33)23(42-15(6)35)25(44-17)28-29-27)46-26-24(43-16(7)36)22(41-14(5)34)19(39-12(3)32)18(45-26)9-38-11(2)31/h17-26H,8-9H2,1-7H3/t17-,18-,19+,20-,21-,22+,23-,24+,25+,26+/m0/s1. The molecule has 0 amide bonds. The van der Waals surface area contributed by atoms with Crippen LogP contribution in [0.5, 0.6) is 0 Å². The summed E-state index contributed by atoms with van der Waals surface area (Å²) >= 11 is 0. The fourth-order valence-corrected chi connectivity index (χ4v) is 4.63. The monoisotopic (exact) mass is 661 g/mol. The summed E-state index contributed by atoms with van der Waals surface area (Å²) in [4.78, 5) is 86.7. The minimum absolute atomic E-state index is 0.585. The molecule has 0 spiro atoms. The maximum atomic E-state index is 12.2. The first-order valence-corrected chi connectivity index (χ1v) is 13.7. The van der Waals surface area contributed by atoms with E-state index in [0.29, 0.717) is 0 Å². The molecule has 0 aliphatic carbocycles. The van der Waals surface area contributed by atoms with Crippen molar-refractivity contribution in [1.29, 1.82) is 0 Å². The Morgan fingerprint density at radius 1 is 0.543 bits per heavy atom. The topological polar surface area (TPSA) is 261 Å². The lowest BCUT2D eigenvalue weighted by molar-refractivity contribution is -0.344. The Labute approximate surface area is 261 Å². The van der Waals surface area contributed by atoms with E-state index in [9.17, 15) is 33.6 Å². The van der Waals surface area contributed by atoms with Gasteiger partial charge in [0.1, 0.15) is 31.5 Å². The Morgan fingerprint density at radius 2 is 0.935 bits per heavy atom. The highest BCUT2D eigenvalue weighted by atomic mass is 16.8. The Hall–Kier alpha value is -4.52. The summed E-state index contributed by atoms with van der Waals surface area (Å²) in [5, 5.41) is 3.46. The number of rotatable bonds is 12. The number of nitrogens with zero attached hydrogens (tertiary/aromatic N) is 3. The van der Waals surface area contributed by atoms with E-state index in [1.165, 1.54) is 0 Å². The third-order valence-electron chi connectivity index (χ3n) is 6.07. The van der Waals surface area contributed by atoms with Crippen molar-refractivity contribution in [1.82, 2.24) is 0 Å². The molecule has 2 aliphatic rings. The van der Waals surface area contributed by atoms with Gasteiger partial charge >= 0.3 is 41.8 Å². The first-order valence-electron chi connectivity index (χ1n) is 13.7. The van der Waals surface area contributed by atoms with E-state index < -0.39 is 116 Å². The Kier molecular flexibility index (Phi) is 14.1. The molecule has 46 heavy (non-hydrogen) atoms. The highest BCUT2D eigenvalue weighted by molar-refractivity contribution is 5.69. The van der Waals surface area contributed by atoms with E-state index in [-0.39, 0.29) is 0 Å². The minimum Gasteiger partial charge on any atom is -0.463 e. The van der Waals surface area contributed by atoms with Crippen LogP contribution >= 0.6 is 0 Å². The van der Waals surface area contributed by atoms with Crippen LogP contribution in [0.15, 0.2) is 5.11 Å². The second kappa shape index (κ2) is 17.2. The van der Waals surface area contributed by atoms with Gasteiger partial charge in [0.25, 0.3) is 0 Å². The molecule has 20 nitrogen and oxygen atoms in total. The van der Waals surface area contributed by atoms with Crippen LogP contribution in [0.25, 0.3) is 10.4 Å². The summed E-state index contributed by atoms with van der Waals surface area (Å²) in [6.07, 6.45) is -16.1. The highest BCUT2D eigenvalue weighted by Gasteiger charge is 2.57. The zero-order valence-electron chi connectivity index (χ0n) is 26.0. The van der Waals surface area contributed by atoms with Gasteiger partial charge in [0.05, 0.1) is 0 Å². The summed E-state index contributed by atoms with van der Waals surface area (Å²) in [6.45, 7) is 6.05. The van der Waals surface area contributed by atoms with E-state index in [4.69, 9.17) is 52.9 Å². The summed E-state index contributed by atoms with van der Waals surface area (Å²) in [5.41, 5.74) is 9.13. The van der Waals surface area contributed by atoms with Crippen LogP contribution in [0.4, 0.5) is 0 Å². The molecular formula is C26H35N3O17. The smallest absolute Gasteiger partial charge is 0.303 e. The lowest BCUT2D eigenvalue weighted by atomic mass is 9.95. The molecule has 0 N–H and O–H groups in total. The number of hydrogen-bond donors (Lipinski definition) is 0. The summed E-state index contributed by atoms with van der Waals surface area (Å²) < 4.78 is 54.8. The highest BCUT2D eigenvalue weighted by Crippen LogP contribution is 2.35. The Morgan fingerprint density at radius 3 is 1.37 bits per heavy atom. The van der Waals surface area contributed by atoms with Crippen LogP contribution in [-0.2, 0) is 80.9 Å². The summed E-state index contributed by atoms with van der Waals surface area (Å²) in [6, 6.07) is 0. The largest absolute Gasteiger partial charge is 0.463 e. The molecule has 2 saturated heterocycles. The summed E-state index contributed by atoms with van der Waals surface area (Å²) in [5.74, 6) is -6.10. The van der Waals surface area contributed by atoms with Crippen LogP contribution < -0.4 is 0 Å². The lowest BCUT2D eigenvalue weighted by Crippen LogP contribution is -2.67. The number of ether oxygens (including phenoxy) is 10. The number of azide groups is 1. The molecule has 2 heterocycles.